The average Bonchev–Trinajstić information content (AvgIpc) is 2.36. The molecule has 0 aliphatic carbocycles. The number of anilines is 1. The molecule has 20 heavy (non-hydrogen) atoms. The minimum atomic E-state index is -3.69. The van der Waals surface area contributed by atoms with Crippen molar-refractivity contribution in [2.75, 3.05) is 4.72 Å². The van der Waals surface area contributed by atoms with Gasteiger partial charge in [-0.2, -0.15) is 0 Å². The van der Waals surface area contributed by atoms with Crippen LogP contribution in [0.3, 0.4) is 0 Å². The minimum absolute atomic E-state index is 0.0323. The highest BCUT2D eigenvalue weighted by Gasteiger charge is 2.16. The van der Waals surface area contributed by atoms with Crippen LogP contribution in [0.4, 0.5) is 5.69 Å². The lowest BCUT2D eigenvalue weighted by Crippen LogP contribution is -2.16. The Kier molecular flexibility index (Phi) is 4.70. The second kappa shape index (κ2) is 6.13. The van der Waals surface area contributed by atoms with E-state index >= 15 is 0 Å². The van der Waals surface area contributed by atoms with Crippen molar-refractivity contribution in [3.63, 3.8) is 0 Å². The predicted octanol–water partition coefficient (Wildman–Crippen LogP) is 3.38. The minimum Gasteiger partial charge on any atom is -0.280 e. The van der Waals surface area contributed by atoms with Gasteiger partial charge in [0.1, 0.15) is 0 Å². The lowest BCUT2D eigenvalue weighted by atomic mass is 10.2. The Morgan fingerprint density at radius 3 is 2.50 bits per heavy atom. The van der Waals surface area contributed by atoms with Crippen LogP contribution < -0.4 is 4.72 Å². The van der Waals surface area contributed by atoms with Crippen LogP contribution >= 0.6 is 34.8 Å². The van der Waals surface area contributed by atoms with Gasteiger partial charge in [-0.15, -0.1) is 10.2 Å². The second-order valence-electron chi connectivity index (χ2n) is 3.82. The van der Waals surface area contributed by atoms with Gasteiger partial charge in [0.25, 0.3) is 0 Å². The third kappa shape index (κ3) is 3.96. The van der Waals surface area contributed by atoms with Crippen molar-refractivity contribution < 1.29 is 8.42 Å². The standard InChI is InChI=1S/C11H8Cl3N3O2S/c12-8-4-2-1-3-7(8)6-20(18,19)17-9-5-10(13)15-16-11(9)14/h1-5H,6H2,(H,15,17). The molecule has 9 heteroatoms. The molecule has 5 nitrogen and oxygen atoms in total. The van der Waals surface area contributed by atoms with Gasteiger partial charge in [-0.25, -0.2) is 8.42 Å². The molecular formula is C11H8Cl3N3O2S. The first-order valence-electron chi connectivity index (χ1n) is 5.30. The van der Waals surface area contributed by atoms with Crippen molar-refractivity contribution in [1.29, 1.82) is 0 Å². The van der Waals surface area contributed by atoms with Gasteiger partial charge < -0.3 is 0 Å². The molecule has 0 saturated carbocycles. The highest BCUT2D eigenvalue weighted by molar-refractivity contribution is 7.91. The molecule has 0 fully saturated rings. The van der Waals surface area contributed by atoms with Gasteiger partial charge in [-0.3, -0.25) is 4.72 Å². The van der Waals surface area contributed by atoms with Gasteiger partial charge in [0, 0.05) is 11.1 Å². The van der Waals surface area contributed by atoms with Crippen LogP contribution in [0.15, 0.2) is 30.3 Å². The van der Waals surface area contributed by atoms with Crippen LogP contribution in [0.25, 0.3) is 0 Å². The zero-order chi connectivity index (χ0) is 14.8. The highest BCUT2D eigenvalue weighted by Crippen LogP contribution is 2.24. The summed E-state index contributed by atoms with van der Waals surface area (Å²) in [5.74, 6) is -0.289. The maximum absolute atomic E-state index is 12.1. The summed E-state index contributed by atoms with van der Waals surface area (Å²) in [5, 5.41) is 7.33. The van der Waals surface area contributed by atoms with Crippen molar-refractivity contribution in [3.8, 4) is 0 Å². The van der Waals surface area contributed by atoms with E-state index in [0.717, 1.165) is 0 Å². The van der Waals surface area contributed by atoms with Crippen LogP contribution in [0.2, 0.25) is 15.3 Å². The fourth-order valence-corrected chi connectivity index (χ4v) is 3.30. The van der Waals surface area contributed by atoms with Gasteiger partial charge >= 0.3 is 0 Å². The molecule has 0 unspecified atom stereocenters. The molecule has 1 N–H and O–H groups in total. The first-order valence-corrected chi connectivity index (χ1v) is 8.08. The quantitative estimate of drug-likeness (QED) is 0.915. The van der Waals surface area contributed by atoms with Crippen LogP contribution in [-0.4, -0.2) is 18.6 Å². The normalized spacial score (nSPS) is 11.3. The van der Waals surface area contributed by atoms with E-state index in [0.29, 0.717) is 10.6 Å². The molecular weight excluding hydrogens is 345 g/mol. The van der Waals surface area contributed by atoms with Crippen LogP contribution in [0.1, 0.15) is 5.56 Å². The zero-order valence-corrected chi connectivity index (χ0v) is 12.9. The number of rotatable bonds is 4. The van der Waals surface area contributed by atoms with E-state index in [4.69, 9.17) is 34.8 Å². The van der Waals surface area contributed by atoms with Crippen LogP contribution in [-0.2, 0) is 15.8 Å². The number of nitrogens with one attached hydrogen (secondary N) is 1. The Bertz CT molecular complexity index is 737. The molecule has 0 saturated heterocycles. The summed E-state index contributed by atoms with van der Waals surface area (Å²) in [6, 6.07) is 7.94. The molecule has 0 aliphatic rings. The third-order valence-corrected chi connectivity index (χ3v) is 4.34. The van der Waals surface area contributed by atoms with Crippen LogP contribution in [0, 0.1) is 0 Å². The number of halogens is 3. The monoisotopic (exact) mass is 351 g/mol. The van der Waals surface area contributed by atoms with Gasteiger partial charge in [0.2, 0.25) is 10.0 Å². The molecule has 1 aromatic heterocycles. The summed E-state index contributed by atoms with van der Waals surface area (Å²) in [5.41, 5.74) is 0.546. The van der Waals surface area contributed by atoms with Crippen molar-refractivity contribution in [2.45, 2.75) is 5.75 Å². The van der Waals surface area contributed by atoms with E-state index in [1.165, 1.54) is 6.07 Å². The van der Waals surface area contributed by atoms with Crippen molar-refractivity contribution in [2.24, 2.45) is 0 Å². The number of benzene rings is 1. The summed E-state index contributed by atoms with van der Waals surface area (Å²) in [7, 11) is -3.69. The van der Waals surface area contributed by atoms with Gasteiger partial charge in [0.15, 0.2) is 10.3 Å². The van der Waals surface area contributed by atoms with E-state index in [1.807, 2.05) is 0 Å². The fourth-order valence-electron chi connectivity index (χ4n) is 1.45. The molecule has 2 rings (SSSR count). The van der Waals surface area contributed by atoms with Crippen molar-refractivity contribution >= 4 is 50.5 Å². The van der Waals surface area contributed by atoms with Crippen molar-refractivity contribution in [1.82, 2.24) is 10.2 Å². The molecule has 0 radical (unpaired) electrons. The molecule has 0 spiro atoms. The first kappa shape index (κ1) is 15.3. The predicted molar refractivity (Wildman–Crippen MR) is 79.8 cm³/mol. The molecule has 0 atom stereocenters. The highest BCUT2D eigenvalue weighted by atomic mass is 35.5. The van der Waals surface area contributed by atoms with E-state index in [2.05, 4.69) is 14.9 Å². The van der Waals surface area contributed by atoms with Gasteiger partial charge in [-0.1, -0.05) is 53.0 Å². The Labute approximate surface area is 130 Å². The largest absolute Gasteiger partial charge is 0.280 e. The van der Waals surface area contributed by atoms with Gasteiger partial charge in [-0.05, 0) is 11.6 Å². The SMILES string of the molecule is O=S(=O)(Cc1ccccc1Cl)Nc1cc(Cl)nnc1Cl. The first-order chi connectivity index (χ1) is 9.37. The van der Waals surface area contributed by atoms with E-state index in [1.54, 1.807) is 24.3 Å². The molecule has 0 amide bonds. The lowest BCUT2D eigenvalue weighted by Gasteiger charge is -2.09. The number of nitrogens with zero attached hydrogens (tertiary/aromatic N) is 2. The molecule has 2 aromatic rings. The maximum atomic E-state index is 12.1. The summed E-state index contributed by atoms with van der Waals surface area (Å²) in [6.07, 6.45) is 0. The molecule has 0 bridgehead atoms. The topological polar surface area (TPSA) is 72.0 Å². The summed E-state index contributed by atoms with van der Waals surface area (Å²) in [6.45, 7) is 0. The summed E-state index contributed by atoms with van der Waals surface area (Å²) < 4.78 is 26.4. The molecule has 106 valence electrons. The van der Waals surface area contributed by atoms with Gasteiger partial charge in [0.05, 0.1) is 11.4 Å². The fraction of sp³-hybridized carbons (Fsp3) is 0.0909. The third-order valence-electron chi connectivity index (χ3n) is 2.29. The Morgan fingerprint density at radius 1 is 1.10 bits per heavy atom. The summed E-state index contributed by atoms with van der Waals surface area (Å²) >= 11 is 17.3. The Balaban J connectivity index is 2.24. The molecule has 1 aromatic carbocycles. The van der Waals surface area contributed by atoms with Crippen LogP contribution in [0.5, 0.6) is 0 Å². The zero-order valence-electron chi connectivity index (χ0n) is 9.85. The molecule has 0 aliphatic heterocycles. The Morgan fingerprint density at radius 2 is 1.80 bits per heavy atom. The number of hydrogen-bond acceptors (Lipinski definition) is 4. The second-order valence-corrected chi connectivity index (χ2v) is 6.70. The van der Waals surface area contributed by atoms with E-state index in [-0.39, 0.29) is 21.7 Å². The Hall–Kier alpha value is -1.08. The van der Waals surface area contributed by atoms with Crippen molar-refractivity contribution in [3.05, 3.63) is 51.2 Å². The maximum Gasteiger partial charge on any atom is 0.237 e. The van der Waals surface area contributed by atoms with E-state index < -0.39 is 10.0 Å². The average molecular weight is 353 g/mol. The number of hydrogen-bond donors (Lipinski definition) is 1. The van der Waals surface area contributed by atoms with E-state index in [9.17, 15) is 8.42 Å². The smallest absolute Gasteiger partial charge is 0.237 e. The summed E-state index contributed by atoms with van der Waals surface area (Å²) in [4.78, 5) is 0. The molecule has 1 heterocycles. The number of aromatic nitrogens is 2. The lowest BCUT2D eigenvalue weighted by molar-refractivity contribution is 0.600. The number of sulfonamides is 1.